The molecule has 31 heavy (non-hydrogen) atoms. The van der Waals surface area contributed by atoms with Crippen LogP contribution in [-0.4, -0.2) is 58.5 Å². The Kier molecular flexibility index (Phi) is 5.30. The molecule has 1 amide bonds. The van der Waals surface area contributed by atoms with Gasteiger partial charge in [0, 0.05) is 26.2 Å². The number of aromatic nitrogens is 2. The molecule has 0 bridgehead atoms. The number of carbonyl (C=O) groups is 1. The zero-order chi connectivity index (χ0) is 21.2. The Labute approximate surface area is 181 Å². The van der Waals surface area contributed by atoms with Crippen molar-refractivity contribution >= 4 is 27.7 Å². The van der Waals surface area contributed by atoms with Gasteiger partial charge in [0.1, 0.15) is 11.6 Å². The molecule has 1 aromatic heterocycles. The van der Waals surface area contributed by atoms with Gasteiger partial charge in [-0.2, -0.15) is 0 Å². The highest BCUT2D eigenvalue weighted by atomic mass is 16.5. The first-order chi connectivity index (χ1) is 15.2. The molecule has 1 N–H and O–H groups in total. The average molecular weight is 415 g/mol. The number of hydrogen-bond acceptors (Lipinski definition) is 4. The Morgan fingerprint density at radius 3 is 2.58 bits per heavy atom. The lowest BCUT2D eigenvalue weighted by Crippen LogP contribution is -2.48. The number of para-hydroxylation sites is 2. The number of benzene rings is 3. The zero-order valence-corrected chi connectivity index (χ0v) is 17.7. The smallest absolute Gasteiger partial charge is 0.258 e. The molecule has 6 heteroatoms. The van der Waals surface area contributed by atoms with Gasteiger partial charge in [0.25, 0.3) is 5.91 Å². The molecule has 0 atom stereocenters. The largest absolute Gasteiger partial charge is 0.493 e. The van der Waals surface area contributed by atoms with Crippen molar-refractivity contribution in [2.75, 3.05) is 32.8 Å². The van der Waals surface area contributed by atoms with E-state index in [9.17, 15) is 4.79 Å². The normalized spacial score (nSPS) is 14.9. The van der Waals surface area contributed by atoms with Crippen molar-refractivity contribution in [2.24, 2.45) is 0 Å². The fourth-order valence-corrected chi connectivity index (χ4v) is 4.31. The Hall–Kier alpha value is -3.38. The highest BCUT2D eigenvalue weighted by Crippen LogP contribution is 2.30. The van der Waals surface area contributed by atoms with Gasteiger partial charge in [0.2, 0.25) is 0 Å². The molecular formula is C25H26N4O2. The first kappa shape index (κ1) is 19.6. The molecule has 3 aromatic carbocycles. The molecular weight excluding hydrogens is 388 g/mol. The molecule has 1 saturated heterocycles. The molecule has 0 radical (unpaired) electrons. The van der Waals surface area contributed by atoms with Gasteiger partial charge < -0.3 is 14.6 Å². The van der Waals surface area contributed by atoms with Crippen LogP contribution in [-0.2, 0) is 6.54 Å². The number of fused-ring (bicyclic) bond motifs is 2. The number of amides is 1. The van der Waals surface area contributed by atoms with E-state index in [1.54, 1.807) is 0 Å². The summed E-state index contributed by atoms with van der Waals surface area (Å²) in [5.74, 6) is 1.67. The summed E-state index contributed by atoms with van der Waals surface area (Å²) < 4.78 is 5.82. The van der Waals surface area contributed by atoms with E-state index in [1.807, 2.05) is 72.5 Å². The number of hydrogen-bond donors (Lipinski definition) is 1. The number of carbonyl (C=O) groups excluding carboxylic acids is 1. The van der Waals surface area contributed by atoms with E-state index in [0.717, 1.165) is 47.3 Å². The maximum atomic E-state index is 13.5. The van der Waals surface area contributed by atoms with Crippen LogP contribution in [0.15, 0.2) is 60.7 Å². The van der Waals surface area contributed by atoms with Gasteiger partial charge in [-0.1, -0.05) is 42.5 Å². The molecule has 1 aliphatic rings. The van der Waals surface area contributed by atoms with E-state index >= 15 is 0 Å². The lowest BCUT2D eigenvalue weighted by molar-refractivity contribution is 0.0624. The fourth-order valence-electron chi connectivity index (χ4n) is 4.31. The monoisotopic (exact) mass is 414 g/mol. The molecule has 6 nitrogen and oxygen atoms in total. The van der Waals surface area contributed by atoms with Crippen molar-refractivity contribution in [3.8, 4) is 5.75 Å². The van der Waals surface area contributed by atoms with Crippen LogP contribution >= 0.6 is 0 Å². The maximum absolute atomic E-state index is 13.5. The Morgan fingerprint density at radius 1 is 1.00 bits per heavy atom. The van der Waals surface area contributed by atoms with Crippen molar-refractivity contribution < 1.29 is 9.53 Å². The summed E-state index contributed by atoms with van der Waals surface area (Å²) in [7, 11) is 0. The molecule has 0 unspecified atom stereocenters. The van der Waals surface area contributed by atoms with Crippen molar-refractivity contribution in [3.05, 3.63) is 72.1 Å². The minimum atomic E-state index is 0.0450. The summed E-state index contributed by atoms with van der Waals surface area (Å²) in [6.07, 6.45) is 0. The van der Waals surface area contributed by atoms with Crippen LogP contribution in [0.3, 0.4) is 0 Å². The first-order valence-corrected chi connectivity index (χ1v) is 10.8. The predicted molar refractivity (Wildman–Crippen MR) is 122 cm³/mol. The number of ether oxygens (including phenoxy) is 1. The van der Waals surface area contributed by atoms with Gasteiger partial charge in [-0.3, -0.25) is 9.69 Å². The van der Waals surface area contributed by atoms with Crippen molar-refractivity contribution in [2.45, 2.75) is 13.5 Å². The summed E-state index contributed by atoms with van der Waals surface area (Å²) in [6, 6.07) is 20.0. The third-order valence-corrected chi connectivity index (χ3v) is 5.88. The third-order valence-electron chi connectivity index (χ3n) is 5.88. The van der Waals surface area contributed by atoms with E-state index in [2.05, 4.69) is 14.9 Å². The summed E-state index contributed by atoms with van der Waals surface area (Å²) in [5, 5.41) is 2.00. The number of nitrogens with zero attached hydrogens (tertiary/aromatic N) is 3. The van der Waals surface area contributed by atoms with Crippen molar-refractivity contribution in [1.82, 2.24) is 19.8 Å². The van der Waals surface area contributed by atoms with Gasteiger partial charge in [0.05, 0.1) is 29.7 Å². The molecule has 158 valence electrons. The number of H-pyrrole nitrogens is 1. The van der Waals surface area contributed by atoms with Crippen molar-refractivity contribution in [1.29, 1.82) is 0 Å². The second-order valence-electron chi connectivity index (χ2n) is 7.86. The van der Waals surface area contributed by atoms with Gasteiger partial charge in [-0.25, -0.2) is 4.98 Å². The summed E-state index contributed by atoms with van der Waals surface area (Å²) >= 11 is 0. The van der Waals surface area contributed by atoms with Gasteiger partial charge in [-0.15, -0.1) is 0 Å². The maximum Gasteiger partial charge on any atom is 0.258 e. The highest BCUT2D eigenvalue weighted by Gasteiger charge is 2.26. The van der Waals surface area contributed by atoms with E-state index in [-0.39, 0.29) is 5.91 Å². The molecule has 2 heterocycles. The Morgan fingerprint density at radius 2 is 1.77 bits per heavy atom. The number of aromatic amines is 1. The molecule has 4 aromatic rings. The minimum Gasteiger partial charge on any atom is -0.493 e. The van der Waals surface area contributed by atoms with E-state index in [0.29, 0.717) is 31.0 Å². The lowest BCUT2D eigenvalue weighted by atomic mass is 10.0. The number of nitrogens with one attached hydrogen (secondary N) is 1. The SMILES string of the molecule is CCOc1ccc2ccccc2c1C(=O)N1CCN(Cc2nc3ccccc3[nH]2)CC1. The molecule has 1 aliphatic heterocycles. The van der Waals surface area contributed by atoms with Crippen LogP contribution in [0.25, 0.3) is 21.8 Å². The van der Waals surface area contributed by atoms with E-state index < -0.39 is 0 Å². The van der Waals surface area contributed by atoms with Crippen LogP contribution < -0.4 is 4.74 Å². The Balaban J connectivity index is 1.31. The van der Waals surface area contributed by atoms with E-state index in [1.165, 1.54) is 0 Å². The van der Waals surface area contributed by atoms with Crippen LogP contribution in [0, 0.1) is 0 Å². The zero-order valence-electron chi connectivity index (χ0n) is 17.7. The standard InChI is InChI=1S/C25H26N4O2/c1-2-31-22-12-11-18-7-3-4-8-19(18)24(22)25(30)29-15-13-28(14-16-29)17-23-26-20-9-5-6-10-21(20)27-23/h3-12H,2,13-17H2,1H3,(H,26,27). The quantitative estimate of drug-likeness (QED) is 0.535. The van der Waals surface area contributed by atoms with Gasteiger partial charge in [0.15, 0.2) is 0 Å². The van der Waals surface area contributed by atoms with Crippen LogP contribution in [0.2, 0.25) is 0 Å². The number of piperazine rings is 1. The lowest BCUT2D eigenvalue weighted by Gasteiger charge is -2.34. The minimum absolute atomic E-state index is 0.0450. The van der Waals surface area contributed by atoms with Gasteiger partial charge >= 0.3 is 0 Å². The van der Waals surface area contributed by atoms with Crippen molar-refractivity contribution in [3.63, 3.8) is 0 Å². The molecule has 0 saturated carbocycles. The first-order valence-electron chi connectivity index (χ1n) is 10.8. The fraction of sp³-hybridized carbons (Fsp3) is 0.280. The summed E-state index contributed by atoms with van der Waals surface area (Å²) in [6.45, 7) is 6.25. The van der Waals surface area contributed by atoms with Crippen LogP contribution in [0.1, 0.15) is 23.1 Å². The van der Waals surface area contributed by atoms with E-state index in [4.69, 9.17) is 4.74 Å². The molecule has 0 spiro atoms. The predicted octanol–water partition coefficient (Wildman–Crippen LogP) is 4.07. The average Bonchev–Trinajstić information content (AvgIpc) is 3.21. The highest BCUT2D eigenvalue weighted by molar-refractivity contribution is 6.09. The van der Waals surface area contributed by atoms with Gasteiger partial charge in [-0.05, 0) is 35.9 Å². The summed E-state index contributed by atoms with van der Waals surface area (Å²) in [5.41, 5.74) is 2.72. The Bertz CT molecular complexity index is 1190. The second kappa shape index (κ2) is 8.40. The second-order valence-corrected chi connectivity index (χ2v) is 7.86. The molecule has 1 fully saturated rings. The molecule has 0 aliphatic carbocycles. The van der Waals surface area contributed by atoms with Crippen LogP contribution in [0.5, 0.6) is 5.75 Å². The van der Waals surface area contributed by atoms with Crippen LogP contribution in [0.4, 0.5) is 0 Å². The number of rotatable bonds is 5. The number of imidazole rings is 1. The third kappa shape index (κ3) is 3.86. The topological polar surface area (TPSA) is 61.5 Å². The molecule has 5 rings (SSSR count). The summed E-state index contributed by atoms with van der Waals surface area (Å²) in [4.78, 5) is 25.9.